The zero-order chi connectivity index (χ0) is 8.20. The Morgan fingerprint density at radius 1 is 1.40 bits per heavy atom. The van der Waals surface area contributed by atoms with E-state index in [1.165, 1.54) is 5.57 Å². The zero-order valence-corrected chi connectivity index (χ0v) is 7.52. The van der Waals surface area contributed by atoms with Gasteiger partial charge in [-0.3, -0.25) is 4.48 Å². The highest BCUT2D eigenvalue weighted by molar-refractivity contribution is 4.87. The van der Waals surface area contributed by atoms with Crippen LogP contribution in [-0.4, -0.2) is 25.1 Å². The first kappa shape index (κ1) is 9.44. The highest BCUT2D eigenvalue weighted by Gasteiger charge is 2.07. The predicted molar refractivity (Wildman–Crippen MR) is 46.6 cm³/mol. The summed E-state index contributed by atoms with van der Waals surface area (Å²) in [7, 11) is 4.32. The first-order valence-electron chi connectivity index (χ1n) is 3.57. The molecule has 58 valence electrons. The molecule has 10 heavy (non-hydrogen) atoms. The van der Waals surface area contributed by atoms with Crippen molar-refractivity contribution in [1.29, 1.82) is 0 Å². The van der Waals surface area contributed by atoms with Crippen molar-refractivity contribution in [2.45, 2.75) is 13.8 Å². The summed E-state index contributed by atoms with van der Waals surface area (Å²) in [6.45, 7) is 8.93. The van der Waals surface area contributed by atoms with Crippen molar-refractivity contribution in [1.82, 2.24) is 0 Å². The molecule has 0 atom stereocenters. The minimum Gasteiger partial charge on any atom is -0.299 e. The van der Waals surface area contributed by atoms with Crippen LogP contribution < -0.4 is 0 Å². The summed E-state index contributed by atoms with van der Waals surface area (Å²) >= 11 is 0. The molecule has 0 amide bonds. The Kier molecular flexibility index (Phi) is 3.37. The third-order valence-electron chi connectivity index (χ3n) is 1.21. The largest absolute Gasteiger partial charge is 0.299 e. The summed E-state index contributed by atoms with van der Waals surface area (Å²) in [6.07, 6.45) is 4.17. The van der Waals surface area contributed by atoms with Crippen LogP contribution in [0.3, 0.4) is 0 Å². The summed E-state index contributed by atoms with van der Waals surface area (Å²) in [5, 5.41) is 0. The Morgan fingerprint density at radius 3 is 2.20 bits per heavy atom. The molecular weight excluding hydrogens is 122 g/mol. The molecule has 0 aliphatic heterocycles. The Hall–Kier alpha value is -0.560. The molecule has 0 aliphatic rings. The first-order valence-corrected chi connectivity index (χ1v) is 3.57. The second kappa shape index (κ2) is 3.57. The van der Waals surface area contributed by atoms with E-state index in [0.717, 1.165) is 11.0 Å². The van der Waals surface area contributed by atoms with E-state index in [0.29, 0.717) is 0 Å². The van der Waals surface area contributed by atoms with Gasteiger partial charge in [0.15, 0.2) is 0 Å². The minimum atomic E-state index is 0.895. The zero-order valence-electron chi connectivity index (χ0n) is 7.52. The van der Waals surface area contributed by atoms with Crippen molar-refractivity contribution >= 4 is 0 Å². The van der Waals surface area contributed by atoms with Crippen LogP contribution in [0.5, 0.6) is 0 Å². The fourth-order valence-electron chi connectivity index (χ4n) is 1.08. The molecule has 0 aromatic carbocycles. The maximum atomic E-state index is 3.71. The second-order valence-electron chi connectivity index (χ2n) is 3.46. The van der Waals surface area contributed by atoms with Crippen molar-refractivity contribution in [3.63, 3.8) is 0 Å². The van der Waals surface area contributed by atoms with Crippen LogP contribution in [0.25, 0.3) is 0 Å². The molecule has 0 aliphatic carbocycles. The molecule has 0 heterocycles. The smallest absolute Gasteiger partial charge is 0.101 e. The number of nitrogens with zero attached hydrogens (tertiary/aromatic N) is 1. The average molecular weight is 140 g/mol. The van der Waals surface area contributed by atoms with Gasteiger partial charge >= 0.3 is 0 Å². The minimum absolute atomic E-state index is 0.895. The Bertz CT molecular complexity index is 139. The molecule has 0 aromatic heterocycles. The van der Waals surface area contributed by atoms with Crippen molar-refractivity contribution in [2.24, 2.45) is 0 Å². The molecule has 0 unspecified atom stereocenters. The number of hydrogen-bond acceptors (Lipinski definition) is 0. The molecule has 0 spiro atoms. The van der Waals surface area contributed by atoms with Gasteiger partial charge in [0, 0.05) is 0 Å². The van der Waals surface area contributed by atoms with Crippen LogP contribution in [0.15, 0.2) is 24.4 Å². The molecule has 0 saturated carbocycles. The molecule has 0 saturated heterocycles. The van der Waals surface area contributed by atoms with Crippen molar-refractivity contribution in [2.75, 3.05) is 20.6 Å². The fraction of sp³-hybridized carbons (Fsp3) is 0.556. The van der Waals surface area contributed by atoms with Crippen LogP contribution in [-0.2, 0) is 0 Å². The summed E-state index contributed by atoms with van der Waals surface area (Å²) in [6, 6.07) is 0. The Morgan fingerprint density at radius 2 is 1.90 bits per heavy atom. The van der Waals surface area contributed by atoms with E-state index in [1.54, 1.807) is 0 Å². The van der Waals surface area contributed by atoms with Gasteiger partial charge in [-0.05, 0) is 25.5 Å². The monoisotopic (exact) mass is 140 g/mol. The molecule has 1 nitrogen and oxygen atoms in total. The van der Waals surface area contributed by atoms with Gasteiger partial charge in [0.1, 0.15) is 6.54 Å². The van der Waals surface area contributed by atoms with E-state index in [1.807, 2.05) is 6.08 Å². The van der Waals surface area contributed by atoms with Gasteiger partial charge in [-0.15, -0.1) is 0 Å². The number of quaternary nitrogens is 1. The summed E-state index contributed by atoms with van der Waals surface area (Å²) in [4.78, 5) is 0. The number of likely N-dealkylation sites (N-methyl/N-ethyl adjacent to an activating group) is 1. The van der Waals surface area contributed by atoms with E-state index in [4.69, 9.17) is 0 Å². The lowest BCUT2D eigenvalue weighted by Gasteiger charge is -2.23. The van der Waals surface area contributed by atoms with Crippen molar-refractivity contribution < 1.29 is 4.48 Å². The molecule has 1 heteroatoms. The van der Waals surface area contributed by atoms with Crippen LogP contribution >= 0.6 is 0 Å². The van der Waals surface area contributed by atoms with Gasteiger partial charge in [-0.2, -0.15) is 0 Å². The quantitative estimate of drug-likeness (QED) is 0.416. The summed E-state index contributed by atoms with van der Waals surface area (Å²) < 4.78 is 0.895. The topological polar surface area (TPSA) is 0 Å². The third-order valence-corrected chi connectivity index (χ3v) is 1.21. The Balaban J connectivity index is 4.11. The van der Waals surface area contributed by atoms with Gasteiger partial charge < -0.3 is 0 Å². The normalized spacial score (nSPS) is 10.8. The molecule has 0 fully saturated rings. The van der Waals surface area contributed by atoms with E-state index in [-0.39, 0.29) is 0 Å². The van der Waals surface area contributed by atoms with E-state index < -0.39 is 0 Å². The molecule has 0 rings (SSSR count). The highest BCUT2D eigenvalue weighted by atomic mass is 15.3. The molecular formula is C9H18N+. The molecule has 0 bridgehead atoms. The van der Waals surface area contributed by atoms with Crippen LogP contribution in [0.4, 0.5) is 0 Å². The highest BCUT2D eigenvalue weighted by Crippen LogP contribution is 2.02. The fourth-order valence-corrected chi connectivity index (χ4v) is 1.08. The summed E-state index contributed by atoms with van der Waals surface area (Å²) in [5.74, 6) is 0. The average Bonchev–Trinajstić information content (AvgIpc) is 1.59. The lowest BCUT2D eigenvalue weighted by Crippen LogP contribution is -2.33. The van der Waals surface area contributed by atoms with Crippen LogP contribution in [0.2, 0.25) is 0 Å². The standard InChI is InChI=1S/C9H18N/c1-6-7-10(4,5)8-9(2)3/h6,8H,1,7H2,2-5H3/q+1. The Labute approximate surface area is 64.2 Å². The molecule has 0 radical (unpaired) electrons. The van der Waals surface area contributed by atoms with E-state index in [9.17, 15) is 0 Å². The number of allylic oxidation sites excluding steroid dienone is 1. The van der Waals surface area contributed by atoms with Crippen molar-refractivity contribution in [3.05, 3.63) is 24.4 Å². The van der Waals surface area contributed by atoms with Gasteiger partial charge in [0.2, 0.25) is 0 Å². The SMILES string of the molecule is C=CC[N+](C)(C)C=C(C)C. The van der Waals surface area contributed by atoms with Crippen LogP contribution in [0, 0.1) is 0 Å². The van der Waals surface area contributed by atoms with Crippen LogP contribution in [0.1, 0.15) is 13.8 Å². The van der Waals surface area contributed by atoms with Gasteiger partial charge in [-0.25, -0.2) is 0 Å². The second-order valence-corrected chi connectivity index (χ2v) is 3.46. The number of rotatable bonds is 3. The van der Waals surface area contributed by atoms with Gasteiger partial charge in [0.05, 0.1) is 20.3 Å². The van der Waals surface area contributed by atoms with E-state index >= 15 is 0 Å². The van der Waals surface area contributed by atoms with Crippen molar-refractivity contribution in [3.8, 4) is 0 Å². The summed E-state index contributed by atoms with van der Waals surface area (Å²) in [5.41, 5.74) is 1.35. The van der Waals surface area contributed by atoms with E-state index in [2.05, 4.69) is 40.7 Å². The lowest BCUT2D eigenvalue weighted by molar-refractivity contribution is -0.832. The third kappa shape index (κ3) is 4.33. The molecule has 0 N–H and O–H groups in total. The van der Waals surface area contributed by atoms with Gasteiger partial charge in [-0.1, -0.05) is 6.58 Å². The lowest BCUT2D eigenvalue weighted by atomic mass is 10.3. The molecule has 0 aromatic rings. The first-order chi connectivity index (χ1) is 4.48. The number of hydrogen-bond donors (Lipinski definition) is 0. The van der Waals surface area contributed by atoms with Gasteiger partial charge in [0.25, 0.3) is 0 Å². The predicted octanol–water partition coefficient (Wildman–Crippen LogP) is 2.17. The maximum Gasteiger partial charge on any atom is 0.101 e. The maximum absolute atomic E-state index is 3.71.